The van der Waals surface area contributed by atoms with Gasteiger partial charge in [-0.2, -0.15) is 0 Å². The molecule has 3 nitrogen and oxygen atoms in total. The summed E-state index contributed by atoms with van der Waals surface area (Å²) >= 11 is 0. The van der Waals surface area contributed by atoms with E-state index in [0.717, 1.165) is 29.0 Å². The van der Waals surface area contributed by atoms with Gasteiger partial charge >= 0.3 is 0 Å². The molecule has 0 amide bonds. The number of ether oxygens (including phenoxy) is 2. The molecule has 2 aromatic carbocycles. The van der Waals surface area contributed by atoms with E-state index >= 15 is 0 Å². The molecule has 0 heterocycles. The SMILES string of the molecule is O=C1CCc2ccc(OCCOc3ccccc3)cc21. The number of fused-ring (bicyclic) bond motifs is 1. The Morgan fingerprint density at radius 1 is 0.850 bits per heavy atom. The maximum absolute atomic E-state index is 11.7. The lowest BCUT2D eigenvalue weighted by Gasteiger charge is -2.09. The van der Waals surface area contributed by atoms with Gasteiger partial charge in [0.25, 0.3) is 0 Å². The highest BCUT2D eigenvalue weighted by Crippen LogP contribution is 2.26. The Hall–Kier alpha value is -2.29. The summed E-state index contributed by atoms with van der Waals surface area (Å²) in [6.45, 7) is 0.941. The van der Waals surface area contributed by atoms with Crippen LogP contribution in [0.5, 0.6) is 11.5 Å². The van der Waals surface area contributed by atoms with E-state index in [2.05, 4.69) is 0 Å². The first-order chi connectivity index (χ1) is 9.83. The molecular formula is C17H16O3. The Balaban J connectivity index is 1.52. The van der Waals surface area contributed by atoms with Crippen molar-refractivity contribution in [1.82, 2.24) is 0 Å². The van der Waals surface area contributed by atoms with E-state index in [0.29, 0.717) is 19.6 Å². The molecule has 3 rings (SSSR count). The molecule has 1 aliphatic carbocycles. The largest absolute Gasteiger partial charge is 0.490 e. The van der Waals surface area contributed by atoms with Crippen LogP contribution in [-0.2, 0) is 6.42 Å². The molecule has 0 radical (unpaired) electrons. The third kappa shape index (κ3) is 2.82. The summed E-state index contributed by atoms with van der Waals surface area (Å²) < 4.78 is 11.2. The second-order valence-electron chi connectivity index (χ2n) is 4.75. The molecule has 0 saturated carbocycles. The van der Waals surface area contributed by atoms with Crippen molar-refractivity contribution < 1.29 is 14.3 Å². The maximum atomic E-state index is 11.7. The average molecular weight is 268 g/mol. The second kappa shape index (κ2) is 5.78. The molecule has 0 aliphatic heterocycles. The van der Waals surface area contributed by atoms with Crippen LogP contribution in [0, 0.1) is 0 Å². The third-order valence-corrected chi connectivity index (χ3v) is 3.37. The molecule has 0 saturated heterocycles. The van der Waals surface area contributed by atoms with Crippen molar-refractivity contribution in [1.29, 1.82) is 0 Å². The highest BCUT2D eigenvalue weighted by molar-refractivity contribution is 6.00. The van der Waals surface area contributed by atoms with Gasteiger partial charge in [-0.15, -0.1) is 0 Å². The summed E-state index contributed by atoms with van der Waals surface area (Å²) in [6.07, 6.45) is 1.47. The highest BCUT2D eigenvalue weighted by atomic mass is 16.5. The molecule has 20 heavy (non-hydrogen) atoms. The Morgan fingerprint density at radius 2 is 1.60 bits per heavy atom. The normalized spacial score (nSPS) is 13.1. The van der Waals surface area contributed by atoms with Crippen LogP contribution in [0.3, 0.4) is 0 Å². The first kappa shape index (κ1) is 12.7. The standard InChI is InChI=1S/C17H16O3/c18-17-9-7-13-6-8-15(12-16(13)17)20-11-10-19-14-4-2-1-3-5-14/h1-6,8,12H,7,9-11H2. The van der Waals surface area contributed by atoms with Gasteiger partial charge in [-0.25, -0.2) is 0 Å². The fourth-order valence-corrected chi connectivity index (χ4v) is 2.34. The van der Waals surface area contributed by atoms with Gasteiger partial charge in [-0.3, -0.25) is 4.79 Å². The highest BCUT2D eigenvalue weighted by Gasteiger charge is 2.19. The monoisotopic (exact) mass is 268 g/mol. The summed E-state index contributed by atoms with van der Waals surface area (Å²) in [5.41, 5.74) is 1.94. The van der Waals surface area contributed by atoms with Crippen molar-refractivity contribution in [3.8, 4) is 11.5 Å². The number of carbonyl (C=O) groups is 1. The molecule has 0 aromatic heterocycles. The lowest BCUT2D eigenvalue weighted by Crippen LogP contribution is -2.09. The number of Topliss-reactive ketones (excluding diaryl/α,β-unsaturated/α-hetero) is 1. The number of aryl methyl sites for hydroxylation is 1. The number of benzene rings is 2. The lowest BCUT2D eigenvalue weighted by atomic mass is 10.1. The zero-order chi connectivity index (χ0) is 13.8. The lowest BCUT2D eigenvalue weighted by molar-refractivity contribution is 0.0994. The van der Waals surface area contributed by atoms with E-state index in [4.69, 9.17) is 9.47 Å². The van der Waals surface area contributed by atoms with E-state index in [1.54, 1.807) is 0 Å². The van der Waals surface area contributed by atoms with Crippen LogP contribution in [0.1, 0.15) is 22.3 Å². The van der Waals surface area contributed by atoms with Crippen LogP contribution < -0.4 is 9.47 Å². The third-order valence-electron chi connectivity index (χ3n) is 3.37. The second-order valence-corrected chi connectivity index (χ2v) is 4.75. The summed E-state index contributed by atoms with van der Waals surface area (Å²) in [4.78, 5) is 11.7. The van der Waals surface area contributed by atoms with E-state index in [1.165, 1.54) is 0 Å². The number of ketones is 1. The number of rotatable bonds is 5. The van der Waals surface area contributed by atoms with Gasteiger partial charge in [0.1, 0.15) is 24.7 Å². The predicted molar refractivity (Wildman–Crippen MR) is 76.5 cm³/mol. The fourth-order valence-electron chi connectivity index (χ4n) is 2.34. The molecule has 3 heteroatoms. The van der Waals surface area contributed by atoms with Crippen molar-refractivity contribution >= 4 is 5.78 Å². The van der Waals surface area contributed by atoms with Gasteiger partial charge in [0, 0.05) is 12.0 Å². The summed E-state index contributed by atoms with van der Waals surface area (Å²) in [7, 11) is 0. The molecule has 0 N–H and O–H groups in total. The van der Waals surface area contributed by atoms with Crippen LogP contribution in [0.2, 0.25) is 0 Å². The zero-order valence-corrected chi connectivity index (χ0v) is 11.2. The topological polar surface area (TPSA) is 35.5 Å². The van der Waals surface area contributed by atoms with Gasteiger partial charge < -0.3 is 9.47 Å². The van der Waals surface area contributed by atoms with Gasteiger partial charge in [0.05, 0.1) is 0 Å². The van der Waals surface area contributed by atoms with Crippen LogP contribution in [-0.4, -0.2) is 19.0 Å². The summed E-state index contributed by atoms with van der Waals surface area (Å²) in [5, 5.41) is 0. The smallest absolute Gasteiger partial charge is 0.163 e. The van der Waals surface area contributed by atoms with Crippen molar-refractivity contribution in [2.24, 2.45) is 0 Å². The molecule has 2 aromatic rings. The van der Waals surface area contributed by atoms with Crippen LogP contribution in [0.25, 0.3) is 0 Å². The van der Waals surface area contributed by atoms with E-state index in [1.807, 2.05) is 48.5 Å². The van der Waals surface area contributed by atoms with Crippen LogP contribution in [0.15, 0.2) is 48.5 Å². The van der Waals surface area contributed by atoms with Crippen molar-refractivity contribution in [2.45, 2.75) is 12.8 Å². The quantitative estimate of drug-likeness (QED) is 0.781. The molecule has 102 valence electrons. The molecule has 1 aliphatic rings. The molecule has 0 spiro atoms. The Labute approximate surface area is 118 Å². The maximum Gasteiger partial charge on any atom is 0.163 e. The van der Waals surface area contributed by atoms with Gasteiger partial charge in [-0.1, -0.05) is 24.3 Å². The minimum Gasteiger partial charge on any atom is -0.490 e. The van der Waals surface area contributed by atoms with E-state index in [9.17, 15) is 4.79 Å². The number of hydrogen-bond acceptors (Lipinski definition) is 3. The number of hydrogen-bond donors (Lipinski definition) is 0. The molecule has 0 fully saturated rings. The number of para-hydroxylation sites is 1. The van der Waals surface area contributed by atoms with Crippen molar-refractivity contribution in [2.75, 3.05) is 13.2 Å². The summed E-state index contributed by atoms with van der Waals surface area (Å²) in [5.74, 6) is 1.78. The van der Waals surface area contributed by atoms with Crippen molar-refractivity contribution in [3.63, 3.8) is 0 Å². The van der Waals surface area contributed by atoms with E-state index in [-0.39, 0.29) is 5.78 Å². The average Bonchev–Trinajstić information content (AvgIpc) is 2.86. The van der Waals surface area contributed by atoms with Crippen molar-refractivity contribution in [3.05, 3.63) is 59.7 Å². The molecule has 0 bridgehead atoms. The fraction of sp³-hybridized carbons (Fsp3) is 0.235. The van der Waals surface area contributed by atoms with Crippen LogP contribution >= 0.6 is 0 Å². The predicted octanol–water partition coefficient (Wildman–Crippen LogP) is 3.27. The van der Waals surface area contributed by atoms with Crippen LogP contribution in [0.4, 0.5) is 0 Å². The van der Waals surface area contributed by atoms with Gasteiger partial charge in [-0.05, 0) is 36.2 Å². The Morgan fingerprint density at radius 3 is 2.40 bits per heavy atom. The first-order valence-corrected chi connectivity index (χ1v) is 6.80. The summed E-state index contributed by atoms with van der Waals surface area (Å²) in [6, 6.07) is 15.4. The Kier molecular flexibility index (Phi) is 3.68. The van der Waals surface area contributed by atoms with E-state index < -0.39 is 0 Å². The Bertz CT molecular complexity index is 605. The van der Waals surface area contributed by atoms with Gasteiger partial charge in [0.2, 0.25) is 0 Å². The molecule has 0 atom stereocenters. The first-order valence-electron chi connectivity index (χ1n) is 6.80. The van der Waals surface area contributed by atoms with Gasteiger partial charge in [0.15, 0.2) is 5.78 Å². The minimum absolute atomic E-state index is 0.214. The molecular weight excluding hydrogens is 252 g/mol. The number of carbonyl (C=O) groups excluding carboxylic acids is 1. The minimum atomic E-state index is 0.214. The molecule has 0 unspecified atom stereocenters. The zero-order valence-electron chi connectivity index (χ0n) is 11.2.